The highest BCUT2D eigenvalue weighted by molar-refractivity contribution is 6.03. The van der Waals surface area contributed by atoms with Crippen LogP contribution in [0.4, 0.5) is 5.69 Å². The molecular formula is C15H15N5O. The first-order chi connectivity index (χ1) is 10.1. The van der Waals surface area contributed by atoms with Crippen molar-refractivity contribution in [3.63, 3.8) is 0 Å². The van der Waals surface area contributed by atoms with E-state index in [1.54, 1.807) is 0 Å². The van der Waals surface area contributed by atoms with Crippen LogP contribution < -0.4 is 5.32 Å². The van der Waals surface area contributed by atoms with Crippen LogP contribution in [0.3, 0.4) is 0 Å². The molecule has 0 aliphatic rings. The second-order valence-electron chi connectivity index (χ2n) is 4.99. The van der Waals surface area contributed by atoms with E-state index in [4.69, 9.17) is 0 Å². The van der Waals surface area contributed by atoms with Gasteiger partial charge in [-0.2, -0.15) is 0 Å². The molecule has 106 valence electrons. The van der Waals surface area contributed by atoms with Crippen LogP contribution in [0.2, 0.25) is 0 Å². The first kappa shape index (κ1) is 13.2. The van der Waals surface area contributed by atoms with Crippen LogP contribution >= 0.6 is 0 Å². The molecular weight excluding hydrogens is 266 g/mol. The Morgan fingerprint density at radius 1 is 1.24 bits per heavy atom. The fourth-order valence-corrected chi connectivity index (χ4v) is 2.13. The molecule has 0 saturated heterocycles. The molecule has 0 atom stereocenters. The van der Waals surface area contributed by atoms with Crippen LogP contribution in [0.15, 0.2) is 43.1 Å². The van der Waals surface area contributed by atoms with Gasteiger partial charge >= 0.3 is 0 Å². The number of carbonyl (C=O) groups is 1. The lowest BCUT2D eigenvalue weighted by molar-refractivity contribution is 0.102. The third kappa shape index (κ3) is 2.60. The number of nitrogens with one attached hydrogen (secondary N) is 1. The number of carbonyl (C=O) groups excluding carboxylic acids is 1. The molecule has 0 fully saturated rings. The van der Waals surface area contributed by atoms with Gasteiger partial charge in [-0.1, -0.05) is 0 Å². The molecule has 0 radical (unpaired) electrons. The van der Waals surface area contributed by atoms with E-state index >= 15 is 0 Å². The molecule has 1 amide bonds. The number of nitrogens with zero attached hydrogens (tertiary/aromatic N) is 4. The van der Waals surface area contributed by atoms with Crippen molar-refractivity contribution in [2.75, 3.05) is 5.32 Å². The smallest absolute Gasteiger partial charge is 0.275 e. The second-order valence-corrected chi connectivity index (χ2v) is 4.99. The van der Waals surface area contributed by atoms with Crippen LogP contribution in [0.25, 0.3) is 11.0 Å². The van der Waals surface area contributed by atoms with Crippen molar-refractivity contribution in [2.45, 2.75) is 19.9 Å². The van der Waals surface area contributed by atoms with Crippen molar-refractivity contribution in [1.82, 2.24) is 19.5 Å². The van der Waals surface area contributed by atoms with E-state index in [0.717, 1.165) is 11.0 Å². The molecule has 1 aromatic carbocycles. The number of hydrogen-bond donors (Lipinski definition) is 1. The lowest BCUT2D eigenvalue weighted by atomic mass is 10.2. The molecule has 3 rings (SSSR count). The monoisotopic (exact) mass is 281 g/mol. The summed E-state index contributed by atoms with van der Waals surface area (Å²) in [4.78, 5) is 24.2. The molecule has 2 aromatic heterocycles. The molecule has 3 aromatic rings. The number of aromatic nitrogens is 4. The van der Waals surface area contributed by atoms with Crippen molar-refractivity contribution in [3.05, 3.63) is 48.8 Å². The van der Waals surface area contributed by atoms with Gasteiger partial charge in [0.15, 0.2) is 0 Å². The first-order valence-electron chi connectivity index (χ1n) is 6.69. The number of imidazole rings is 1. The van der Waals surface area contributed by atoms with Crippen molar-refractivity contribution in [3.8, 4) is 0 Å². The molecule has 6 nitrogen and oxygen atoms in total. The average molecular weight is 281 g/mol. The minimum Gasteiger partial charge on any atom is -0.328 e. The summed E-state index contributed by atoms with van der Waals surface area (Å²) in [5, 5.41) is 2.80. The zero-order valence-electron chi connectivity index (χ0n) is 11.8. The van der Waals surface area contributed by atoms with Gasteiger partial charge < -0.3 is 9.88 Å². The zero-order valence-corrected chi connectivity index (χ0v) is 11.8. The fraction of sp³-hybridized carbons (Fsp3) is 0.200. The quantitative estimate of drug-likeness (QED) is 0.801. The lowest BCUT2D eigenvalue weighted by Gasteiger charge is -2.08. The highest BCUT2D eigenvalue weighted by atomic mass is 16.1. The highest BCUT2D eigenvalue weighted by Crippen LogP contribution is 2.21. The SMILES string of the molecule is CC(C)n1cnc2cc(NC(=O)c3cnccn3)ccc21. The van der Waals surface area contributed by atoms with E-state index in [1.165, 1.54) is 18.6 Å². The Morgan fingerprint density at radius 3 is 2.81 bits per heavy atom. The van der Waals surface area contributed by atoms with Gasteiger partial charge in [-0.05, 0) is 32.0 Å². The van der Waals surface area contributed by atoms with Gasteiger partial charge in [0, 0.05) is 24.1 Å². The molecule has 0 unspecified atom stereocenters. The van der Waals surface area contributed by atoms with Gasteiger partial charge in [-0.3, -0.25) is 9.78 Å². The van der Waals surface area contributed by atoms with Crippen molar-refractivity contribution in [2.24, 2.45) is 0 Å². The number of benzene rings is 1. The Hall–Kier alpha value is -2.76. The standard InChI is InChI=1S/C15H15N5O/c1-10(2)20-9-18-12-7-11(3-4-14(12)20)19-15(21)13-8-16-5-6-17-13/h3-10H,1-2H3,(H,19,21). The Balaban J connectivity index is 1.87. The van der Waals surface area contributed by atoms with Crippen LogP contribution in [0, 0.1) is 0 Å². The first-order valence-corrected chi connectivity index (χ1v) is 6.69. The minimum absolute atomic E-state index is 0.283. The minimum atomic E-state index is -0.286. The summed E-state index contributed by atoms with van der Waals surface area (Å²) in [6, 6.07) is 6.00. The van der Waals surface area contributed by atoms with Crippen molar-refractivity contribution < 1.29 is 4.79 Å². The normalized spacial score (nSPS) is 11.0. The van der Waals surface area contributed by atoms with Crippen LogP contribution in [0.5, 0.6) is 0 Å². The lowest BCUT2D eigenvalue weighted by Crippen LogP contribution is -2.13. The number of amides is 1. The van der Waals surface area contributed by atoms with Gasteiger partial charge in [0.25, 0.3) is 5.91 Å². The maximum Gasteiger partial charge on any atom is 0.275 e. The summed E-state index contributed by atoms with van der Waals surface area (Å²) in [6.07, 6.45) is 6.26. The summed E-state index contributed by atoms with van der Waals surface area (Å²) >= 11 is 0. The van der Waals surface area contributed by atoms with Gasteiger partial charge in [0.05, 0.1) is 23.6 Å². The molecule has 0 bridgehead atoms. The van der Waals surface area contributed by atoms with Gasteiger partial charge in [-0.15, -0.1) is 0 Å². The van der Waals surface area contributed by atoms with E-state index in [1.807, 2.05) is 24.5 Å². The van der Waals surface area contributed by atoms with Crippen LogP contribution in [0.1, 0.15) is 30.4 Å². The molecule has 2 heterocycles. The second kappa shape index (κ2) is 5.32. The molecule has 0 spiro atoms. The number of hydrogen-bond acceptors (Lipinski definition) is 4. The van der Waals surface area contributed by atoms with Gasteiger partial charge in [0.1, 0.15) is 5.69 Å². The van der Waals surface area contributed by atoms with Gasteiger partial charge in [-0.25, -0.2) is 9.97 Å². The number of anilines is 1. The third-order valence-corrected chi connectivity index (χ3v) is 3.18. The largest absolute Gasteiger partial charge is 0.328 e. The highest BCUT2D eigenvalue weighted by Gasteiger charge is 2.10. The van der Waals surface area contributed by atoms with Crippen LogP contribution in [-0.4, -0.2) is 25.4 Å². The maximum absolute atomic E-state index is 12.0. The Morgan fingerprint density at radius 2 is 2.10 bits per heavy atom. The Bertz CT molecular complexity index is 779. The topological polar surface area (TPSA) is 72.7 Å². The van der Waals surface area contributed by atoms with Gasteiger partial charge in [0.2, 0.25) is 0 Å². The van der Waals surface area contributed by atoms with E-state index in [-0.39, 0.29) is 11.6 Å². The van der Waals surface area contributed by atoms with Crippen molar-refractivity contribution in [1.29, 1.82) is 0 Å². The zero-order chi connectivity index (χ0) is 14.8. The third-order valence-electron chi connectivity index (χ3n) is 3.18. The molecule has 6 heteroatoms. The maximum atomic E-state index is 12.0. The molecule has 1 N–H and O–H groups in total. The fourth-order valence-electron chi connectivity index (χ4n) is 2.13. The Kier molecular flexibility index (Phi) is 3.35. The van der Waals surface area contributed by atoms with E-state index in [2.05, 4.69) is 38.7 Å². The summed E-state index contributed by atoms with van der Waals surface area (Å²) < 4.78 is 2.09. The summed E-state index contributed by atoms with van der Waals surface area (Å²) in [6.45, 7) is 4.20. The Labute approximate surface area is 121 Å². The molecule has 0 aliphatic heterocycles. The molecule has 0 aliphatic carbocycles. The number of fused-ring (bicyclic) bond motifs is 1. The molecule has 0 saturated carbocycles. The van der Waals surface area contributed by atoms with E-state index < -0.39 is 0 Å². The van der Waals surface area contributed by atoms with Crippen molar-refractivity contribution >= 4 is 22.6 Å². The summed E-state index contributed by atoms with van der Waals surface area (Å²) in [7, 11) is 0. The summed E-state index contributed by atoms with van der Waals surface area (Å²) in [5.74, 6) is -0.286. The molecule has 21 heavy (non-hydrogen) atoms. The predicted octanol–water partition coefficient (Wildman–Crippen LogP) is 2.66. The number of rotatable bonds is 3. The van der Waals surface area contributed by atoms with E-state index in [0.29, 0.717) is 11.7 Å². The summed E-state index contributed by atoms with van der Waals surface area (Å²) in [5.41, 5.74) is 2.86. The van der Waals surface area contributed by atoms with Crippen LogP contribution in [-0.2, 0) is 0 Å². The predicted molar refractivity (Wildman–Crippen MR) is 80.1 cm³/mol. The average Bonchev–Trinajstić information content (AvgIpc) is 2.91. The van der Waals surface area contributed by atoms with E-state index in [9.17, 15) is 4.79 Å².